The summed E-state index contributed by atoms with van der Waals surface area (Å²) in [6.07, 6.45) is 7.04. The van der Waals surface area contributed by atoms with E-state index in [1.807, 2.05) is 12.1 Å². The molecule has 2 rings (SSSR count). The maximum Gasteiger partial charge on any atom is 0.117 e. The minimum atomic E-state index is 0.775. The highest BCUT2D eigenvalue weighted by Gasteiger charge is 2.13. The van der Waals surface area contributed by atoms with Crippen LogP contribution in [0.2, 0.25) is 0 Å². The summed E-state index contributed by atoms with van der Waals surface area (Å²) >= 11 is 0. The Bertz CT molecular complexity index is 278. The molecule has 0 bridgehead atoms. The van der Waals surface area contributed by atoms with Gasteiger partial charge in [0.1, 0.15) is 5.76 Å². The second-order valence-corrected chi connectivity index (χ2v) is 4.75. The van der Waals surface area contributed by atoms with E-state index in [0.29, 0.717) is 0 Å². The van der Waals surface area contributed by atoms with E-state index in [2.05, 4.69) is 17.3 Å². The van der Waals surface area contributed by atoms with Gasteiger partial charge in [-0.3, -0.25) is 4.90 Å². The van der Waals surface area contributed by atoms with Gasteiger partial charge in [-0.15, -0.1) is 0 Å². The number of nitrogens with one attached hydrogen (secondary N) is 1. The number of nitrogens with zero attached hydrogens (tertiary/aromatic N) is 1. The first-order chi connectivity index (χ1) is 7.84. The van der Waals surface area contributed by atoms with E-state index in [-0.39, 0.29) is 0 Å². The Hall–Kier alpha value is -0.800. The van der Waals surface area contributed by atoms with E-state index in [0.717, 1.165) is 24.9 Å². The van der Waals surface area contributed by atoms with Gasteiger partial charge in [0.15, 0.2) is 0 Å². The van der Waals surface area contributed by atoms with Crippen LogP contribution in [-0.2, 0) is 6.54 Å². The molecule has 1 N–H and O–H groups in total. The second kappa shape index (κ2) is 6.06. The molecule has 0 aromatic carbocycles. The predicted molar refractivity (Wildman–Crippen MR) is 65.3 cm³/mol. The van der Waals surface area contributed by atoms with Crippen molar-refractivity contribution in [2.75, 3.05) is 20.1 Å². The molecule has 3 heteroatoms. The van der Waals surface area contributed by atoms with Crippen molar-refractivity contribution >= 4 is 0 Å². The Morgan fingerprint density at radius 2 is 2.50 bits per heavy atom. The van der Waals surface area contributed by atoms with Crippen molar-refractivity contribution in [3.63, 3.8) is 0 Å². The summed E-state index contributed by atoms with van der Waals surface area (Å²) in [4.78, 5) is 2.33. The normalized spacial score (nSPS) is 20.8. The zero-order valence-electron chi connectivity index (χ0n) is 10.1. The molecule has 0 radical (unpaired) electrons. The number of rotatable bonds is 6. The highest BCUT2D eigenvalue weighted by molar-refractivity contribution is 4.97. The fourth-order valence-electron chi connectivity index (χ4n) is 2.36. The molecule has 2 heterocycles. The molecule has 1 aromatic heterocycles. The van der Waals surface area contributed by atoms with Crippen LogP contribution in [0.1, 0.15) is 31.4 Å². The molecule has 0 saturated carbocycles. The Balaban J connectivity index is 1.58. The van der Waals surface area contributed by atoms with Gasteiger partial charge in [0.05, 0.1) is 12.8 Å². The monoisotopic (exact) mass is 222 g/mol. The lowest BCUT2D eigenvalue weighted by molar-refractivity contribution is 0.284. The summed E-state index contributed by atoms with van der Waals surface area (Å²) in [6.45, 7) is 3.29. The van der Waals surface area contributed by atoms with Crippen LogP contribution in [0.25, 0.3) is 0 Å². The molecule has 0 amide bonds. The molecule has 90 valence electrons. The Kier molecular flexibility index (Phi) is 4.43. The Labute approximate surface area is 97.8 Å². The third-order valence-electron chi connectivity index (χ3n) is 3.26. The van der Waals surface area contributed by atoms with E-state index in [1.165, 1.54) is 32.2 Å². The van der Waals surface area contributed by atoms with Crippen LogP contribution in [-0.4, -0.2) is 31.1 Å². The summed E-state index contributed by atoms with van der Waals surface area (Å²) in [5, 5.41) is 3.54. The van der Waals surface area contributed by atoms with E-state index < -0.39 is 0 Å². The lowest BCUT2D eigenvalue weighted by Crippen LogP contribution is -2.24. The smallest absolute Gasteiger partial charge is 0.117 e. The number of hydrogen-bond acceptors (Lipinski definition) is 3. The van der Waals surface area contributed by atoms with Crippen LogP contribution in [0, 0.1) is 0 Å². The molecule has 0 aliphatic carbocycles. The van der Waals surface area contributed by atoms with Gasteiger partial charge in [-0.05, 0) is 58.0 Å². The van der Waals surface area contributed by atoms with Gasteiger partial charge in [-0.2, -0.15) is 0 Å². The molecule has 1 atom stereocenters. The summed E-state index contributed by atoms with van der Waals surface area (Å²) in [7, 11) is 2.16. The Morgan fingerprint density at radius 3 is 3.19 bits per heavy atom. The van der Waals surface area contributed by atoms with Crippen LogP contribution < -0.4 is 5.32 Å². The van der Waals surface area contributed by atoms with Gasteiger partial charge >= 0.3 is 0 Å². The van der Waals surface area contributed by atoms with Crippen molar-refractivity contribution in [1.29, 1.82) is 0 Å². The highest BCUT2D eigenvalue weighted by Crippen LogP contribution is 2.11. The first kappa shape index (κ1) is 11.7. The third-order valence-corrected chi connectivity index (χ3v) is 3.26. The van der Waals surface area contributed by atoms with E-state index >= 15 is 0 Å². The maximum atomic E-state index is 5.33. The SMILES string of the molecule is CN(CCCC1CCCN1)Cc1ccco1. The van der Waals surface area contributed by atoms with Gasteiger partial charge in [-0.1, -0.05) is 0 Å². The van der Waals surface area contributed by atoms with Crippen LogP contribution >= 0.6 is 0 Å². The minimum Gasteiger partial charge on any atom is -0.468 e. The quantitative estimate of drug-likeness (QED) is 0.800. The molecule has 3 nitrogen and oxygen atoms in total. The molecule has 0 spiro atoms. The van der Waals surface area contributed by atoms with Crippen LogP contribution in [0.3, 0.4) is 0 Å². The molecule has 16 heavy (non-hydrogen) atoms. The summed E-state index contributed by atoms with van der Waals surface area (Å²) in [5.41, 5.74) is 0. The van der Waals surface area contributed by atoms with Crippen LogP contribution in [0.4, 0.5) is 0 Å². The topological polar surface area (TPSA) is 28.4 Å². The first-order valence-corrected chi connectivity index (χ1v) is 6.29. The molecule has 1 aromatic rings. The summed E-state index contributed by atoms with van der Waals surface area (Å²) < 4.78 is 5.33. The maximum absolute atomic E-state index is 5.33. The zero-order chi connectivity index (χ0) is 11.2. The summed E-state index contributed by atoms with van der Waals surface area (Å²) in [6, 6.07) is 4.76. The fraction of sp³-hybridized carbons (Fsp3) is 0.692. The van der Waals surface area contributed by atoms with Crippen molar-refractivity contribution in [1.82, 2.24) is 10.2 Å². The predicted octanol–water partition coefficient (Wildman–Crippen LogP) is 2.24. The standard InChI is InChI=1S/C13H22N2O/c1-15(11-13-7-4-10-16-13)9-3-6-12-5-2-8-14-12/h4,7,10,12,14H,2-3,5-6,8-9,11H2,1H3. The fourth-order valence-corrected chi connectivity index (χ4v) is 2.36. The largest absolute Gasteiger partial charge is 0.468 e. The lowest BCUT2D eigenvalue weighted by Gasteiger charge is -2.16. The minimum absolute atomic E-state index is 0.775. The molecule has 1 fully saturated rings. The van der Waals surface area contributed by atoms with Gasteiger partial charge in [0.2, 0.25) is 0 Å². The van der Waals surface area contributed by atoms with Gasteiger partial charge < -0.3 is 9.73 Å². The van der Waals surface area contributed by atoms with Crippen LogP contribution in [0.5, 0.6) is 0 Å². The third kappa shape index (κ3) is 3.65. The van der Waals surface area contributed by atoms with Crippen molar-refractivity contribution in [2.45, 2.75) is 38.3 Å². The van der Waals surface area contributed by atoms with Crippen molar-refractivity contribution in [2.24, 2.45) is 0 Å². The molecule has 1 unspecified atom stereocenters. The van der Waals surface area contributed by atoms with Gasteiger partial charge in [0.25, 0.3) is 0 Å². The molecule has 1 saturated heterocycles. The molecule has 1 aliphatic heterocycles. The van der Waals surface area contributed by atoms with E-state index in [9.17, 15) is 0 Å². The zero-order valence-corrected chi connectivity index (χ0v) is 10.1. The number of furan rings is 1. The molecule has 1 aliphatic rings. The first-order valence-electron chi connectivity index (χ1n) is 6.29. The molecular formula is C13H22N2O. The summed E-state index contributed by atoms with van der Waals surface area (Å²) in [5.74, 6) is 1.06. The van der Waals surface area contributed by atoms with E-state index in [4.69, 9.17) is 4.42 Å². The van der Waals surface area contributed by atoms with Crippen molar-refractivity contribution < 1.29 is 4.42 Å². The number of hydrogen-bond donors (Lipinski definition) is 1. The van der Waals surface area contributed by atoms with Crippen LogP contribution in [0.15, 0.2) is 22.8 Å². The average Bonchev–Trinajstić information content (AvgIpc) is 2.90. The Morgan fingerprint density at radius 1 is 1.56 bits per heavy atom. The average molecular weight is 222 g/mol. The van der Waals surface area contributed by atoms with Crippen molar-refractivity contribution in [3.8, 4) is 0 Å². The highest BCUT2D eigenvalue weighted by atomic mass is 16.3. The second-order valence-electron chi connectivity index (χ2n) is 4.75. The van der Waals surface area contributed by atoms with E-state index in [1.54, 1.807) is 6.26 Å². The van der Waals surface area contributed by atoms with Gasteiger partial charge in [0, 0.05) is 6.04 Å². The van der Waals surface area contributed by atoms with Gasteiger partial charge in [-0.25, -0.2) is 0 Å². The molecular weight excluding hydrogens is 200 g/mol. The van der Waals surface area contributed by atoms with Crippen molar-refractivity contribution in [3.05, 3.63) is 24.2 Å². The lowest BCUT2D eigenvalue weighted by atomic mass is 10.1.